The summed E-state index contributed by atoms with van der Waals surface area (Å²) in [6.45, 7) is 24.8. The molecule has 2 fully saturated rings. The number of unbranched alkanes of at least 4 members (excludes halogenated alkanes) is 1. The Morgan fingerprint density at radius 3 is 1.82 bits per heavy atom. The molecule has 2 heterocycles. The minimum atomic E-state index is -4.55. The number of hydrogen-bond donors (Lipinski definition) is 0. The van der Waals surface area contributed by atoms with Crippen LogP contribution in [0.4, 0.5) is 26.3 Å². The Labute approximate surface area is 268 Å². The predicted molar refractivity (Wildman–Crippen MR) is 173 cm³/mol. The van der Waals surface area contributed by atoms with Gasteiger partial charge in [-0.1, -0.05) is 102 Å². The summed E-state index contributed by atoms with van der Waals surface area (Å²) in [5, 5.41) is 0. The zero-order chi connectivity index (χ0) is 34.5. The van der Waals surface area contributed by atoms with Gasteiger partial charge in [-0.2, -0.15) is 13.2 Å². The molecular formula is C35H58F6N2O2. The van der Waals surface area contributed by atoms with Gasteiger partial charge in [0.25, 0.3) is 0 Å². The molecule has 2 saturated heterocycles. The van der Waals surface area contributed by atoms with Gasteiger partial charge in [0.1, 0.15) is 0 Å². The Morgan fingerprint density at radius 2 is 1.40 bits per heavy atom. The lowest BCUT2D eigenvalue weighted by atomic mass is 9.86. The number of allylic oxidation sites excluding steroid dienone is 3. The van der Waals surface area contributed by atoms with E-state index in [-0.39, 0.29) is 5.92 Å². The molecule has 0 N–H and O–H groups in total. The van der Waals surface area contributed by atoms with Crippen molar-refractivity contribution in [3.8, 4) is 0 Å². The van der Waals surface area contributed by atoms with E-state index in [1.165, 1.54) is 18.9 Å². The Kier molecular flexibility index (Phi) is 22.5. The molecule has 2 aliphatic heterocycles. The average Bonchev–Trinajstić information content (AvgIpc) is 3.03. The second-order valence-corrected chi connectivity index (χ2v) is 11.3. The summed E-state index contributed by atoms with van der Waals surface area (Å²) in [5.41, 5.74) is 1.74. The third kappa shape index (κ3) is 20.1. The molecule has 10 heteroatoms. The molecule has 0 aliphatic carbocycles. The summed E-state index contributed by atoms with van der Waals surface area (Å²) in [6.07, 6.45) is -2.59. The minimum absolute atomic E-state index is 0.163. The van der Waals surface area contributed by atoms with Crippen LogP contribution in [0.25, 0.3) is 0 Å². The number of hydrogen-bond acceptors (Lipinski definition) is 4. The van der Waals surface area contributed by atoms with Crippen molar-refractivity contribution in [2.45, 2.75) is 99.7 Å². The first kappa shape index (κ1) is 43.1. The fraction of sp³-hybridized carbons (Fsp3) is 0.714. The van der Waals surface area contributed by atoms with E-state index in [1.54, 1.807) is 38.1 Å². The SMILES string of the molecule is C=C(/C=C(\C(C)CC)C(F)(F)F)C1CCN(CCN2CCOCC2)CC1.CC.CCCC.Cc1ccc(COC(F)(F)F)cc1. The number of piperidine rings is 1. The van der Waals surface area contributed by atoms with Crippen molar-refractivity contribution in [3.05, 3.63) is 59.2 Å². The van der Waals surface area contributed by atoms with Crippen LogP contribution in [-0.2, 0) is 16.1 Å². The lowest BCUT2D eigenvalue weighted by Crippen LogP contribution is -2.43. The van der Waals surface area contributed by atoms with Crippen molar-refractivity contribution in [1.29, 1.82) is 0 Å². The van der Waals surface area contributed by atoms with E-state index >= 15 is 0 Å². The molecule has 0 radical (unpaired) electrons. The smallest absolute Gasteiger partial charge is 0.379 e. The second kappa shape index (κ2) is 23.4. The summed E-state index contributed by atoms with van der Waals surface area (Å²) < 4.78 is 83.7. The molecule has 4 nitrogen and oxygen atoms in total. The Morgan fingerprint density at radius 1 is 0.911 bits per heavy atom. The van der Waals surface area contributed by atoms with Crippen molar-refractivity contribution < 1.29 is 35.8 Å². The van der Waals surface area contributed by atoms with Gasteiger partial charge in [-0.3, -0.25) is 9.64 Å². The highest BCUT2D eigenvalue weighted by Gasteiger charge is 2.36. The van der Waals surface area contributed by atoms with Gasteiger partial charge in [-0.25, -0.2) is 0 Å². The van der Waals surface area contributed by atoms with Crippen LogP contribution < -0.4 is 0 Å². The molecular weight excluding hydrogens is 594 g/mol. The van der Waals surface area contributed by atoms with E-state index in [9.17, 15) is 26.3 Å². The number of nitrogens with zero attached hydrogens (tertiary/aromatic N) is 2. The Hall–Kier alpha value is -1.88. The number of morpholine rings is 1. The third-order valence-corrected chi connectivity index (χ3v) is 7.78. The van der Waals surface area contributed by atoms with Gasteiger partial charge >= 0.3 is 12.5 Å². The zero-order valence-electron chi connectivity index (χ0n) is 28.6. The number of halogens is 6. The largest absolute Gasteiger partial charge is 0.522 e. The van der Waals surface area contributed by atoms with E-state index in [2.05, 4.69) is 35.0 Å². The molecule has 0 spiro atoms. The standard InChI is InChI=1S/C20H33F3N2O.C9H9F3O.C4H10.C2H6/c1-4-16(2)19(20(21,22)23)15-17(3)18-5-7-24(8-6-18)9-10-25-11-13-26-14-12-25;1-7-2-4-8(5-3-7)6-13-9(10,11)12;1-3-4-2;1-2/h15-16,18H,3-14H2,1-2H3;2-5H,6H2,1H3;3-4H2,1-2H3;1-2H3/b19-15+;;;. The van der Waals surface area contributed by atoms with E-state index < -0.39 is 30.6 Å². The first-order valence-electron chi connectivity index (χ1n) is 16.5. The number of benzene rings is 1. The molecule has 1 aromatic carbocycles. The van der Waals surface area contributed by atoms with Crippen molar-refractivity contribution in [1.82, 2.24) is 9.80 Å². The van der Waals surface area contributed by atoms with Crippen LogP contribution in [0.3, 0.4) is 0 Å². The fourth-order valence-electron chi connectivity index (χ4n) is 4.53. The first-order chi connectivity index (χ1) is 21.2. The first-order valence-corrected chi connectivity index (χ1v) is 16.5. The van der Waals surface area contributed by atoms with Gasteiger partial charge in [-0.15, -0.1) is 13.2 Å². The summed E-state index contributed by atoms with van der Waals surface area (Å²) in [6, 6.07) is 6.71. The molecule has 262 valence electrons. The zero-order valence-corrected chi connectivity index (χ0v) is 28.6. The molecule has 1 atom stereocenters. The average molecular weight is 653 g/mol. The van der Waals surface area contributed by atoms with Crippen LogP contribution in [0.5, 0.6) is 0 Å². The molecule has 0 aromatic heterocycles. The van der Waals surface area contributed by atoms with Crippen molar-refractivity contribution >= 4 is 0 Å². The van der Waals surface area contributed by atoms with Gasteiger partial charge < -0.3 is 9.64 Å². The van der Waals surface area contributed by atoms with Crippen LogP contribution in [0.15, 0.2) is 48.1 Å². The van der Waals surface area contributed by atoms with E-state index in [4.69, 9.17) is 4.74 Å². The van der Waals surface area contributed by atoms with Gasteiger partial charge in [0.2, 0.25) is 0 Å². The fourth-order valence-corrected chi connectivity index (χ4v) is 4.53. The minimum Gasteiger partial charge on any atom is -0.379 e. The molecule has 3 rings (SSSR count). The molecule has 1 unspecified atom stereocenters. The molecule has 45 heavy (non-hydrogen) atoms. The lowest BCUT2D eigenvalue weighted by Gasteiger charge is -2.35. The number of likely N-dealkylation sites (tertiary alicyclic amines) is 1. The van der Waals surface area contributed by atoms with Gasteiger partial charge in [-0.05, 0) is 56.7 Å². The number of aryl methyl sites for hydroxylation is 1. The maximum absolute atomic E-state index is 13.3. The topological polar surface area (TPSA) is 24.9 Å². The summed E-state index contributed by atoms with van der Waals surface area (Å²) in [7, 11) is 0. The molecule has 2 aliphatic rings. The molecule has 0 saturated carbocycles. The molecule has 1 aromatic rings. The Balaban J connectivity index is 0.000000846. The quantitative estimate of drug-likeness (QED) is 0.186. The van der Waals surface area contributed by atoms with Crippen LogP contribution in [0, 0.1) is 18.8 Å². The van der Waals surface area contributed by atoms with Crippen molar-refractivity contribution in [3.63, 3.8) is 0 Å². The highest BCUT2D eigenvalue weighted by Crippen LogP contribution is 2.35. The van der Waals surface area contributed by atoms with Crippen LogP contribution >= 0.6 is 0 Å². The van der Waals surface area contributed by atoms with Gasteiger partial charge in [0, 0.05) is 31.8 Å². The highest BCUT2D eigenvalue weighted by atomic mass is 19.4. The molecule has 0 amide bonds. The lowest BCUT2D eigenvalue weighted by molar-refractivity contribution is -0.330. The van der Waals surface area contributed by atoms with Crippen LogP contribution in [0.2, 0.25) is 0 Å². The van der Waals surface area contributed by atoms with Crippen LogP contribution in [0.1, 0.15) is 84.8 Å². The maximum atomic E-state index is 13.3. The highest BCUT2D eigenvalue weighted by molar-refractivity contribution is 5.27. The normalized spacial score (nSPS) is 17.6. The van der Waals surface area contributed by atoms with Gasteiger partial charge in [0.05, 0.1) is 19.8 Å². The number of alkyl halides is 6. The second-order valence-electron chi connectivity index (χ2n) is 11.3. The van der Waals surface area contributed by atoms with E-state index in [0.717, 1.165) is 70.9 Å². The van der Waals surface area contributed by atoms with E-state index in [1.807, 2.05) is 20.8 Å². The maximum Gasteiger partial charge on any atom is 0.522 e. The van der Waals surface area contributed by atoms with Crippen molar-refractivity contribution in [2.24, 2.45) is 11.8 Å². The number of ether oxygens (including phenoxy) is 2. The van der Waals surface area contributed by atoms with Gasteiger partial charge in [0.15, 0.2) is 0 Å². The third-order valence-electron chi connectivity index (χ3n) is 7.78. The summed E-state index contributed by atoms with van der Waals surface area (Å²) >= 11 is 0. The predicted octanol–water partition coefficient (Wildman–Crippen LogP) is 9.99. The molecule has 0 bridgehead atoms. The Bertz CT molecular complexity index is 916. The summed E-state index contributed by atoms with van der Waals surface area (Å²) in [4.78, 5) is 4.83. The van der Waals surface area contributed by atoms with Crippen LogP contribution in [-0.4, -0.2) is 74.8 Å². The van der Waals surface area contributed by atoms with E-state index in [0.29, 0.717) is 17.6 Å². The monoisotopic (exact) mass is 652 g/mol. The van der Waals surface area contributed by atoms with Crippen molar-refractivity contribution in [2.75, 3.05) is 52.5 Å². The number of rotatable bonds is 10. The summed E-state index contributed by atoms with van der Waals surface area (Å²) in [5.74, 6) is -0.323.